The molecular formula is C15H21NO4. The molecule has 0 heterocycles. The molecule has 1 aromatic carbocycles. The Morgan fingerprint density at radius 1 is 1.15 bits per heavy atom. The molecule has 0 spiro atoms. The lowest BCUT2D eigenvalue weighted by molar-refractivity contribution is -0.149. The van der Waals surface area contributed by atoms with E-state index in [0.717, 1.165) is 0 Å². The first kappa shape index (κ1) is 16.2. The van der Waals surface area contributed by atoms with Crippen LogP contribution in [0.25, 0.3) is 0 Å². The number of carbonyl (C=O) groups is 2. The van der Waals surface area contributed by atoms with Crippen LogP contribution >= 0.6 is 0 Å². The predicted octanol–water partition coefficient (Wildman–Crippen LogP) is 1.83. The Labute approximate surface area is 119 Å². The molecule has 0 bridgehead atoms. The second kappa shape index (κ2) is 9.09. The Hall–Kier alpha value is -1.88. The number of amides is 1. The third-order valence-electron chi connectivity index (χ3n) is 2.67. The van der Waals surface area contributed by atoms with Gasteiger partial charge in [0.1, 0.15) is 6.61 Å². The minimum Gasteiger partial charge on any atom is -0.461 e. The molecule has 1 N–H and O–H groups in total. The summed E-state index contributed by atoms with van der Waals surface area (Å²) in [5, 5.41) is 2.67. The highest BCUT2D eigenvalue weighted by molar-refractivity contribution is 5.85. The van der Waals surface area contributed by atoms with Crippen LogP contribution < -0.4 is 5.32 Å². The fourth-order valence-corrected chi connectivity index (χ4v) is 1.62. The second-order valence-corrected chi connectivity index (χ2v) is 4.13. The van der Waals surface area contributed by atoms with Crippen molar-refractivity contribution in [2.75, 3.05) is 19.8 Å². The van der Waals surface area contributed by atoms with Crippen molar-refractivity contribution in [3.8, 4) is 0 Å². The Bertz CT molecular complexity index is 419. The Morgan fingerprint density at radius 3 is 2.45 bits per heavy atom. The molecule has 5 nitrogen and oxygen atoms in total. The average Bonchev–Trinajstić information content (AvgIpc) is 2.49. The first-order valence-electron chi connectivity index (χ1n) is 6.77. The summed E-state index contributed by atoms with van der Waals surface area (Å²) >= 11 is 0. The Morgan fingerprint density at radius 2 is 1.85 bits per heavy atom. The zero-order chi connectivity index (χ0) is 14.8. The summed E-state index contributed by atoms with van der Waals surface area (Å²) < 4.78 is 10.2. The average molecular weight is 279 g/mol. The van der Waals surface area contributed by atoms with Crippen molar-refractivity contribution < 1.29 is 19.1 Å². The van der Waals surface area contributed by atoms with Gasteiger partial charge in [0.15, 0.2) is 6.04 Å². The second-order valence-electron chi connectivity index (χ2n) is 4.13. The van der Waals surface area contributed by atoms with Gasteiger partial charge in [0, 0.05) is 13.0 Å². The highest BCUT2D eigenvalue weighted by Crippen LogP contribution is 2.14. The molecule has 0 saturated heterocycles. The van der Waals surface area contributed by atoms with Crippen LogP contribution in [0, 0.1) is 0 Å². The summed E-state index contributed by atoms with van der Waals surface area (Å²) in [5.41, 5.74) is 0.704. The number of nitrogens with one attached hydrogen (secondary N) is 1. The SMILES string of the molecule is CCOCCOC(=O)C(NC(=O)CC)c1ccccc1. The van der Waals surface area contributed by atoms with Gasteiger partial charge < -0.3 is 14.8 Å². The van der Waals surface area contributed by atoms with Crippen LogP contribution in [0.4, 0.5) is 0 Å². The van der Waals surface area contributed by atoms with E-state index in [1.54, 1.807) is 19.1 Å². The molecular weight excluding hydrogens is 258 g/mol. The van der Waals surface area contributed by atoms with E-state index in [-0.39, 0.29) is 12.5 Å². The molecule has 1 aromatic rings. The van der Waals surface area contributed by atoms with Crippen molar-refractivity contribution in [2.24, 2.45) is 0 Å². The zero-order valence-corrected chi connectivity index (χ0v) is 11.9. The largest absolute Gasteiger partial charge is 0.461 e. The maximum absolute atomic E-state index is 12.1. The van der Waals surface area contributed by atoms with E-state index in [9.17, 15) is 9.59 Å². The Balaban J connectivity index is 2.67. The van der Waals surface area contributed by atoms with Crippen LogP contribution in [0.2, 0.25) is 0 Å². The summed E-state index contributed by atoms with van der Waals surface area (Å²) in [6, 6.07) is 8.27. The van der Waals surface area contributed by atoms with Crippen LogP contribution in [-0.2, 0) is 19.1 Å². The number of carbonyl (C=O) groups excluding carboxylic acids is 2. The number of hydrogen-bond acceptors (Lipinski definition) is 4. The van der Waals surface area contributed by atoms with Gasteiger partial charge in [-0.25, -0.2) is 4.79 Å². The van der Waals surface area contributed by atoms with E-state index in [4.69, 9.17) is 9.47 Å². The molecule has 1 rings (SSSR count). The first-order valence-corrected chi connectivity index (χ1v) is 6.77. The molecule has 1 amide bonds. The fraction of sp³-hybridized carbons (Fsp3) is 0.467. The fourth-order valence-electron chi connectivity index (χ4n) is 1.62. The number of esters is 1. The van der Waals surface area contributed by atoms with Gasteiger partial charge in [-0.3, -0.25) is 4.79 Å². The lowest BCUT2D eigenvalue weighted by Crippen LogP contribution is -2.34. The summed E-state index contributed by atoms with van der Waals surface area (Å²) in [6.45, 7) is 4.71. The molecule has 0 saturated carbocycles. The van der Waals surface area contributed by atoms with Gasteiger partial charge in [-0.15, -0.1) is 0 Å². The van der Waals surface area contributed by atoms with Crippen LogP contribution in [-0.4, -0.2) is 31.7 Å². The highest BCUT2D eigenvalue weighted by atomic mass is 16.6. The summed E-state index contributed by atoms with van der Waals surface area (Å²) in [6.07, 6.45) is 0.315. The van der Waals surface area contributed by atoms with E-state index in [1.807, 2.05) is 25.1 Å². The molecule has 1 unspecified atom stereocenters. The smallest absolute Gasteiger partial charge is 0.333 e. The van der Waals surface area contributed by atoms with E-state index >= 15 is 0 Å². The van der Waals surface area contributed by atoms with Gasteiger partial charge in [0.05, 0.1) is 6.61 Å². The third kappa shape index (κ3) is 5.40. The molecule has 5 heteroatoms. The molecule has 20 heavy (non-hydrogen) atoms. The molecule has 0 aromatic heterocycles. The zero-order valence-electron chi connectivity index (χ0n) is 11.9. The molecule has 0 radical (unpaired) electrons. The van der Waals surface area contributed by atoms with Crippen LogP contribution in [0.5, 0.6) is 0 Å². The molecule has 0 aliphatic rings. The van der Waals surface area contributed by atoms with Crippen molar-refractivity contribution in [3.05, 3.63) is 35.9 Å². The van der Waals surface area contributed by atoms with Crippen molar-refractivity contribution in [2.45, 2.75) is 26.3 Å². The van der Waals surface area contributed by atoms with Crippen LogP contribution in [0.15, 0.2) is 30.3 Å². The van der Waals surface area contributed by atoms with Crippen molar-refractivity contribution in [1.82, 2.24) is 5.32 Å². The molecule has 0 aliphatic heterocycles. The maximum atomic E-state index is 12.1. The van der Waals surface area contributed by atoms with Crippen molar-refractivity contribution in [1.29, 1.82) is 0 Å². The van der Waals surface area contributed by atoms with Gasteiger partial charge in [0.2, 0.25) is 5.91 Å². The van der Waals surface area contributed by atoms with Gasteiger partial charge in [-0.1, -0.05) is 37.3 Å². The standard InChI is InChI=1S/C15H21NO4/c1-3-13(17)16-14(12-8-6-5-7-9-12)15(18)20-11-10-19-4-2/h5-9,14H,3-4,10-11H2,1-2H3,(H,16,17). The number of hydrogen-bond donors (Lipinski definition) is 1. The number of benzene rings is 1. The van der Waals surface area contributed by atoms with E-state index in [1.165, 1.54) is 0 Å². The quantitative estimate of drug-likeness (QED) is 0.582. The van der Waals surface area contributed by atoms with E-state index in [2.05, 4.69) is 5.32 Å². The number of ether oxygens (including phenoxy) is 2. The summed E-state index contributed by atoms with van der Waals surface area (Å²) in [4.78, 5) is 23.6. The first-order chi connectivity index (χ1) is 9.69. The summed E-state index contributed by atoms with van der Waals surface area (Å²) in [5.74, 6) is -0.668. The topological polar surface area (TPSA) is 64.6 Å². The van der Waals surface area contributed by atoms with Crippen LogP contribution in [0.3, 0.4) is 0 Å². The van der Waals surface area contributed by atoms with Gasteiger partial charge in [0.25, 0.3) is 0 Å². The molecule has 1 atom stereocenters. The van der Waals surface area contributed by atoms with Crippen molar-refractivity contribution >= 4 is 11.9 Å². The normalized spacial score (nSPS) is 11.7. The van der Waals surface area contributed by atoms with Gasteiger partial charge in [-0.2, -0.15) is 0 Å². The van der Waals surface area contributed by atoms with Crippen molar-refractivity contribution in [3.63, 3.8) is 0 Å². The predicted molar refractivity (Wildman–Crippen MR) is 75.1 cm³/mol. The van der Waals surface area contributed by atoms with E-state index < -0.39 is 12.0 Å². The van der Waals surface area contributed by atoms with Gasteiger partial charge in [-0.05, 0) is 12.5 Å². The molecule has 110 valence electrons. The monoisotopic (exact) mass is 279 g/mol. The minimum absolute atomic E-state index is 0.179. The molecule has 0 aliphatic carbocycles. The number of rotatable bonds is 8. The Kier molecular flexibility index (Phi) is 7.35. The van der Waals surface area contributed by atoms with Gasteiger partial charge >= 0.3 is 5.97 Å². The highest BCUT2D eigenvalue weighted by Gasteiger charge is 2.23. The molecule has 0 fully saturated rings. The van der Waals surface area contributed by atoms with Crippen LogP contribution in [0.1, 0.15) is 31.9 Å². The third-order valence-corrected chi connectivity index (χ3v) is 2.67. The lowest BCUT2D eigenvalue weighted by atomic mass is 10.1. The maximum Gasteiger partial charge on any atom is 0.333 e. The minimum atomic E-state index is -0.773. The lowest BCUT2D eigenvalue weighted by Gasteiger charge is -2.17. The summed E-state index contributed by atoms with van der Waals surface area (Å²) in [7, 11) is 0. The van der Waals surface area contributed by atoms with E-state index in [0.29, 0.717) is 25.2 Å².